The summed E-state index contributed by atoms with van der Waals surface area (Å²) in [6, 6.07) is 3.72. The van der Waals surface area contributed by atoms with E-state index in [9.17, 15) is 0 Å². The van der Waals surface area contributed by atoms with Crippen molar-refractivity contribution in [3.05, 3.63) is 28.0 Å². The van der Waals surface area contributed by atoms with E-state index in [0.717, 1.165) is 31.6 Å². The molecule has 0 fully saturated rings. The maximum atomic E-state index is 6.13. The van der Waals surface area contributed by atoms with E-state index in [-0.39, 0.29) is 5.41 Å². The molecule has 0 unspecified atom stereocenters. The molecule has 0 spiro atoms. The molecule has 19 heavy (non-hydrogen) atoms. The van der Waals surface area contributed by atoms with Gasteiger partial charge in [0.25, 0.3) is 0 Å². The molecule has 0 amide bonds. The molecule has 1 aromatic rings. The maximum absolute atomic E-state index is 6.13. The van der Waals surface area contributed by atoms with Crippen molar-refractivity contribution in [2.75, 3.05) is 19.6 Å². The first-order valence-corrected chi connectivity index (χ1v) is 7.37. The van der Waals surface area contributed by atoms with Gasteiger partial charge in [0.2, 0.25) is 0 Å². The van der Waals surface area contributed by atoms with Crippen LogP contribution in [0, 0.1) is 5.41 Å². The summed E-state index contributed by atoms with van der Waals surface area (Å²) in [4.78, 5) is 6.45. The fourth-order valence-electron chi connectivity index (χ4n) is 2.00. The molecule has 0 atom stereocenters. The molecule has 1 rings (SSSR count). The van der Waals surface area contributed by atoms with Crippen LogP contribution in [-0.4, -0.2) is 29.5 Å². The topological polar surface area (TPSA) is 42.2 Å². The van der Waals surface area contributed by atoms with E-state index < -0.39 is 0 Å². The van der Waals surface area contributed by atoms with Gasteiger partial charge in [-0.2, -0.15) is 0 Å². The molecule has 0 radical (unpaired) electrons. The zero-order chi connectivity index (χ0) is 14.5. The number of nitrogens with two attached hydrogens (primary N) is 1. The van der Waals surface area contributed by atoms with Crippen molar-refractivity contribution in [1.29, 1.82) is 0 Å². The third kappa shape index (κ3) is 5.65. The third-order valence-corrected chi connectivity index (χ3v) is 3.57. The Bertz CT molecular complexity index is 408. The molecule has 0 aliphatic rings. The van der Waals surface area contributed by atoms with E-state index in [4.69, 9.17) is 28.9 Å². The molecule has 5 heteroatoms. The first-order chi connectivity index (χ1) is 8.88. The quantitative estimate of drug-likeness (QED) is 0.783. The van der Waals surface area contributed by atoms with Gasteiger partial charge in [-0.3, -0.25) is 4.90 Å². The standard InChI is InChI=1S/C14H23Cl2N3/c1-4-7-19(10-14(2,3)9-17)8-11-5-6-12(15)18-13(11)16/h5-6H,4,7-10,17H2,1-3H3. The minimum absolute atomic E-state index is 0.0987. The lowest BCUT2D eigenvalue weighted by Gasteiger charge is -2.31. The fourth-order valence-corrected chi connectivity index (χ4v) is 2.40. The van der Waals surface area contributed by atoms with Crippen molar-refractivity contribution in [1.82, 2.24) is 9.88 Å². The molecular weight excluding hydrogens is 281 g/mol. The van der Waals surface area contributed by atoms with Crippen molar-refractivity contribution in [2.24, 2.45) is 11.1 Å². The predicted molar refractivity (Wildman–Crippen MR) is 82.7 cm³/mol. The third-order valence-electron chi connectivity index (χ3n) is 3.03. The lowest BCUT2D eigenvalue weighted by molar-refractivity contribution is 0.176. The van der Waals surface area contributed by atoms with Gasteiger partial charge in [0.05, 0.1) is 0 Å². The number of nitrogens with zero attached hydrogens (tertiary/aromatic N) is 2. The van der Waals surface area contributed by atoms with E-state index >= 15 is 0 Å². The van der Waals surface area contributed by atoms with E-state index in [2.05, 4.69) is 30.7 Å². The molecule has 2 N–H and O–H groups in total. The summed E-state index contributed by atoms with van der Waals surface area (Å²) in [5.41, 5.74) is 6.92. The number of pyridine rings is 1. The maximum Gasteiger partial charge on any atom is 0.135 e. The summed E-state index contributed by atoms with van der Waals surface area (Å²) in [6.07, 6.45) is 1.10. The van der Waals surface area contributed by atoms with E-state index in [1.54, 1.807) is 6.07 Å². The smallest absolute Gasteiger partial charge is 0.135 e. The van der Waals surface area contributed by atoms with Crippen LogP contribution in [0.3, 0.4) is 0 Å². The molecule has 0 aliphatic carbocycles. The predicted octanol–water partition coefficient (Wildman–Crippen LogP) is 3.59. The summed E-state index contributed by atoms with van der Waals surface area (Å²) < 4.78 is 0. The van der Waals surface area contributed by atoms with Gasteiger partial charge in [0.15, 0.2) is 0 Å². The Hall–Kier alpha value is -0.350. The first kappa shape index (κ1) is 16.7. The van der Waals surface area contributed by atoms with Crippen molar-refractivity contribution in [3.63, 3.8) is 0 Å². The average Bonchev–Trinajstić information content (AvgIpc) is 2.32. The first-order valence-electron chi connectivity index (χ1n) is 6.61. The summed E-state index contributed by atoms with van der Waals surface area (Å²) in [6.45, 7) is 9.93. The molecule has 0 aromatic carbocycles. The number of hydrogen-bond donors (Lipinski definition) is 1. The van der Waals surface area contributed by atoms with Crippen LogP contribution in [0.1, 0.15) is 32.8 Å². The Morgan fingerprint density at radius 3 is 2.53 bits per heavy atom. The minimum Gasteiger partial charge on any atom is -0.330 e. The van der Waals surface area contributed by atoms with E-state index in [1.807, 2.05) is 6.07 Å². The van der Waals surface area contributed by atoms with Gasteiger partial charge in [0.1, 0.15) is 10.3 Å². The Morgan fingerprint density at radius 2 is 2.00 bits per heavy atom. The van der Waals surface area contributed by atoms with Gasteiger partial charge < -0.3 is 5.73 Å². The second kappa shape index (κ2) is 7.44. The van der Waals surface area contributed by atoms with Gasteiger partial charge in [0, 0.05) is 18.7 Å². The molecule has 0 saturated carbocycles. The van der Waals surface area contributed by atoms with Crippen LogP contribution in [-0.2, 0) is 6.54 Å². The highest BCUT2D eigenvalue weighted by atomic mass is 35.5. The van der Waals surface area contributed by atoms with Crippen LogP contribution in [0.15, 0.2) is 12.1 Å². The van der Waals surface area contributed by atoms with Crippen LogP contribution >= 0.6 is 23.2 Å². The summed E-state index contributed by atoms with van der Waals surface area (Å²) in [7, 11) is 0. The lowest BCUT2D eigenvalue weighted by atomic mass is 9.93. The normalized spacial score (nSPS) is 12.2. The highest BCUT2D eigenvalue weighted by Gasteiger charge is 2.20. The number of hydrogen-bond acceptors (Lipinski definition) is 3. The Kier molecular flexibility index (Phi) is 6.54. The van der Waals surface area contributed by atoms with E-state index in [1.165, 1.54) is 0 Å². The van der Waals surface area contributed by atoms with Crippen molar-refractivity contribution in [3.8, 4) is 0 Å². The van der Waals surface area contributed by atoms with Crippen LogP contribution in [0.4, 0.5) is 0 Å². The molecule has 1 heterocycles. The average molecular weight is 304 g/mol. The van der Waals surface area contributed by atoms with Gasteiger partial charge in [-0.1, -0.05) is 50.0 Å². The van der Waals surface area contributed by atoms with Crippen LogP contribution in [0.5, 0.6) is 0 Å². The van der Waals surface area contributed by atoms with Crippen LogP contribution in [0.25, 0.3) is 0 Å². The van der Waals surface area contributed by atoms with Gasteiger partial charge in [-0.25, -0.2) is 4.98 Å². The van der Waals surface area contributed by atoms with Gasteiger partial charge in [-0.15, -0.1) is 0 Å². The van der Waals surface area contributed by atoms with Gasteiger partial charge >= 0.3 is 0 Å². The van der Waals surface area contributed by atoms with Crippen LogP contribution < -0.4 is 5.73 Å². The summed E-state index contributed by atoms with van der Waals surface area (Å²) >= 11 is 11.9. The Morgan fingerprint density at radius 1 is 1.32 bits per heavy atom. The second-order valence-corrected chi connectivity index (χ2v) is 6.41. The molecule has 0 saturated heterocycles. The van der Waals surface area contributed by atoms with Gasteiger partial charge in [-0.05, 0) is 31.0 Å². The highest BCUT2D eigenvalue weighted by Crippen LogP contribution is 2.21. The SMILES string of the molecule is CCCN(Cc1ccc(Cl)nc1Cl)CC(C)(C)CN. The summed E-state index contributed by atoms with van der Waals surface area (Å²) in [5.74, 6) is 0. The highest BCUT2D eigenvalue weighted by molar-refractivity contribution is 6.32. The number of halogens is 2. The molecule has 0 bridgehead atoms. The van der Waals surface area contributed by atoms with Crippen molar-refractivity contribution >= 4 is 23.2 Å². The molecule has 3 nitrogen and oxygen atoms in total. The molecule has 1 aromatic heterocycles. The lowest BCUT2D eigenvalue weighted by Crippen LogP contribution is -2.38. The van der Waals surface area contributed by atoms with Crippen molar-refractivity contribution in [2.45, 2.75) is 33.7 Å². The zero-order valence-corrected chi connectivity index (χ0v) is 13.4. The Labute approximate surface area is 126 Å². The Balaban J connectivity index is 2.77. The monoisotopic (exact) mass is 303 g/mol. The van der Waals surface area contributed by atoms with E-state index in [0.29, 0.717) is 16.9 Å². The van der Waals surface area contributed by atoms with Crippen molar-refractivity contribution < 1.29 is 0 Å². The second-order valence-electron chi connectivity index (χ2n) is 5.66. The van der Waals surface area contributed by atoms with Crippen LogP contribution in [0.2, 0.25) is 10.3 Å². The fraction of sp³-hybridized carbons (Fsp3) is 0.643. The molecule has 0 aliphatic heterocycles. The largest absolute Gasteiger partial charge is 0.330 e. The molecular formula is C14H23Cl2N3. The number of aromatic nitrogens is 1. The molecule has 108 valence electrons. The zero-order valence-electron chi connectivity index (χ0n) is 11.9. The number of rotatable bonds is 7. The minimum atomic E-state index is 0.0987. The summed E-state index contributed by atoms with van der Waals surface area (Å²) in [5, 5.41) is 0.914.